The second kappa shape index (κ2) is 4.39. The predicted molar refractivity (Wildman–Crippen MR) is 49.3 cm³/mol. The number of aliphatic hydroxyl groups excluding tert-OH is 2. The molecule has 1 aromatic heterocycles. The molecule has 4 nitrogen and oxygen atoms in total. The predicted octanol–water partition coefficient (Wildman–Crippen LogP) is 0.627. The molecule has 0 aliphatic rings. The van der Waals surface area contributed by atoms with Crippen LogP contribution in [0, 0.1) is 6.92 Å². The van der Waals surface area contributed by atoms with Gasteiger partial charge in [0.1, 0.15) is 0 Å². The van der Waals surface area contributed by atoms with E-state index in [1.807, 2.05) is 24.6 Å². The summed E-state index contributed by atoms with van der Waals surface area (Å²) in [4.78, 5) is 0. The number of aryl methyl sites for hydroxylation is 2. The molecule has 0 fully saturated rings. The van der Waals surface area contributed by atoms with Crippen molar-refractivity contribution in [2.24, 2.45) is 0 Å². The Morgan fingerprint density at radius 2 is 2.31 bits per heavy atom. The maximum atomic E-state index is 9.52. The third kappa shape index (κ3) is 2.29. The Labute approximate surface area is 77.8 Å². The lowest BCUT2D eigenvalue weighted by molar-refractivity contribution is 0.130. The Hall–Kier alpha value is -0.870. The van der Waals surface area contributed by atoms with Crippen molar-refractivity contribution >= 4 is 0 Å². The highest BCUT2D eigenvalue weighted by Crippen LogP contribution is 2.15. The number of rotatable bonds is 4. The second-order valence-electron chi connectivity index (χ2n) is 3.05. The van der Waals surface area contributed by atoms with Crippen LogP contribution in [0.15, 0.2) is 6.07 Å². The highest BCUT2D eigenvalue weighted by Gasteiger charge is 2.11. The molecular weight excluding hydrogens is 168 g/mol. The van der Waals surface area contributed by atoms with Gasteiger partial charge in [-0.15, -0.1) is 0 Å². The zero-order valence-electron chi connectivity index (χ0n) is 8.06. The SMILES string of the molecule is CCn1nc([C@H](O)CCO)cc1C. The summed E-state index contributed by atoms with van der Waals surface area (Å²) in [6, 6.07) is 1.85. The van der Waals surface area contributed by atoms with E-state index in [0.29, 0.717) is 12.1 Å². The van der Waals surface area contributed by atoms with E-state index in [1.165, 1.54) is 0 Å². The van der Waals surface area contributed by atoms with Gasteiger partial charge in [0.25, 0.3) is 0 Å². The topological polar surface area (TPSA) is 58.3 Å². The molecule has 0 amide bonds. The molecule has 74 valence electrons. The van der Waals surface area contributed by atoms with Gasteiger partial charge in [-0.3, -0.25) is 4.68 Å². The van der Waals surface area contributed by atoms with Crippen molar-refractivity contribution in [3.63, 3.8) is 0 Å². The Balaban J connectivity index is 2.77. The smallest absolute Gasteiger partial charge is 0.1000 e. The van der Waals surface area contributed by atoms with E-state index in [-0.39, 0.29) is 6.61 Å². The molecule has 0 spiro atoms. The van der Waals surface area contributed by atoms with Gasteiger partial charge in [-0.1, -0.05) is 0 Å². The molecular formula is C9H16N2O2. The molecule has 0 radical (unpaired) electrons. The van der Waals surface area contributed by atoms with E-state index in [2.05, 4.69) is 5.10 Å². The minimum Gasteiger partial charge on any atom is -0.396 e. The third-order valence-corrected chi connectivity index (χ3v) is 2.04. The van der Waals surface area contributed by atoms with E-state index < -0.39 is 6.10 Å². The van der Waals surface area contributed by atoms with Gasteiger partial charge in [-0.2, -0.15) is 5.10 Å². The van der Waals surface area contributed by atoms with Crippen LogP contribution >= 0.6 is 0 Å². The van der Waals surface area contributed by atoms with Crippen molar-refractivity contribution in [1.29, 1.82) is 0 Å². The maximum Gasteiger partial charge on any atom is 0.1000 e. The summed E-state index contributed by atoms with van der Waals surface area (Å²) in [5.41, 5.74) is 1.68. The van der Waals surface area contributed by atoms with Crippen molar-refractivity contribution in [1.82, 2.24) is 9.78 Å². The number of hydrogen-bond donors (Lipinski definition) is 2. The van der Waals surface area contributed by atoms with E-state index in [9.17, 15) is 5.11 Å². The molecule has 1 aromatic rings. The average Bonchev–Trinajstić information content (AvgIpc) is 2.47. The second-order valence-corrected chi connectivity index (χ2v) is 3.05. The van der Waals surface area contributed by atoms with Gasteiger partial charge in [-0.25, -0.2) is 0 Å². The van der Waals surface area contributed by atoms with Crippen molar-refractivity contribution in [3.05, 3.63) is 17.5 Å². The van der Waals surface area contributed by atoms with Crippen LogP contribution < -0.4 is 0 Å². The summed E-state index contributed by atoms with van der Waals surface area (Å²) in [5, 5.41) is 22.4. The zero-order valence-corrected chi connectivity index (χ0v) is 8.06. The number of aliphatic hydroxyl groups is 2. The zero-order chi connectivity index (χ0) is 9.84. The van der Waals surface area contributed by atoms with Crippen LogP contribution in [0.4, 0.5) is 0 Å². The van der Waals surface area contributed by atoms with Gasteiger partial charge >= 0.3 is 0 Å². The molecule has 1 rings (SSSR count). The quantitative estimate of drug-likeness (QED) is 0.721. The van der Waals surface area contributed by atoms with Crippen LogP contribution in [-0.4, -0.2) is 26.6 Å². The summed E-state index contributed by atoms with van der Waals surface area (Å²) in [5.74, 6) is 0. The molecule has 0 aliphatic heterocycles. The van der Waals surface area contributed by atoms with Gasteiger partial charge in [0.15, 0.2) is 0 Å². The Bertz CT molecular complexity index is 271. The van der Waals surface area contributed by atoms with Gasteiger partial charge in [0.05, 0.1) is 11.8 Å². The third-order valence-electron chi connectivity index (χ3n) is 2.04. The number of nitrogens with zero attached hydrogens (tertiary/aromatic N) is 2. The fourth-order valence-electron chi connectivity index (χ4n) is 1.29. The lowest BCUT2D eigenvalue weighted by atomic mass is 10.2. The molecule has 13 heavy (non-hydrogen) atoms. The lowest BCUT2D eigenvalue weighted by Crippen LogP contribution is -2.03. The minimum atomic E-state index is -0.642. The Kier molecular flexibility index (Phi) is 3.45. The van der Waals surface area contributed by atoms with Crippen LogP contribution in [0.25, 0.3) is 0 Å². The largest absolute Gasteiger partial charge is 0.396 e. The van der Waals surface area contributed by atoms with Gasteiger partial charge in [0, 0.05) is 25.3 Å². The highest BCUT2D eigenvalue weighted by molar-refractivity contribution is 5.11. The standard InChI is InChI=1S/C9H16N2O2/c1-3-11-7(2)6-8(10-11)9(13)4-5-12/h6,9,12-13H,3-5H2,1-2H3/t9-/m1/s1. The van der Waals surface area contributed by atoms with E-state index >= 15 is 0 Å². The molecule has 0 saturated carbocycles. The van der Waals surface area contributed by atoms with Gasteiger partial charge in [-0.05, 0) is 19.9 Å². The molecule has 0 bridgehead atoms. The summed E-state index contributed by atoms with van der Waals surface area (Å²) in [7, 11) is 0. The van der Waals surface area contributed by atoms with Crippen molar-refractivity contribution < 1.29 is 10.2 Å². The molecule has 2 N–H and O–H groups in total. The minimum absolute atomic E-state index is 0.0147. The van der Waals surface area contributed by atoms with Crippen molar-refractivity contribution in [2.45, 2.75) is 32.9 Å². The van der Waals surface area contributed by atoms with Crippen molar-refractivity contribution in [3.8, 4) is 0 Å². The van der Waals surface area contributed by atoms with Crippen molar-refractivity contribution in [2.75, 3.05) is 6.61 Å². The highest BCUT2D eigenvalue weighted by atomic mass is 16.3. The van der Waals surface area contributed by atoms with Crippen LogP contribution in [0.1, 0.15) is 30.8 Å². The first-order valence-electron chi connectivity index (χ1n) is 4.52. The molecule has 0 aliphatic carbocycles. The summed E-state index contributed by atoms with van der Waals surface area (Å²) in [6.45, 7) is 4.74. The first-order chi connectivity index (χ1) is 6.19. The summed E-state index contributed by atoms with van der Waals surface area (Å²) < 4.78 is 1.83. The molecule has 0 saturated heterocycles. The van der Waals surface area contributed by atoms with E-state index in [1.54, 1.807) is 0 Å². The van der Waals surface area contributed by atoms with Gasteiger partial charge < -0.3 is 10.2 Å². The first-order valence-corrected chi connectivity index (χ1v) is 4.52. The Morgan fingerprint density at radius 1 is 1.62 bits per heavy atom. The maximum absolute atomic E-state index is 9.52. The van der Waals surface area contributed by atoms with Crippen LogP contribution in [-0.2, 0) is 6.54 Å². The average molecular weight is 184 g/mol. The normalized spacial score (nSPS) is 13.2. The van der Waals surface area contributed by atoms with Crippen LogP contribution in [0.2, 0.25) is 0 Å². The lowest BCUT2D eigenvalue weighted by Gasteiger charge is -2.03. The fourth-order valence-corrected chi connectivity index (χ4v) is 1.29. The first kappa shape index (κ1) is 10.2. The fraction of sp³-hybridized carbons (Fsp3) is 0.667. The molecule has 0 unspecified atom stereocenters. The number of hydrogen-bond acceptors (Lipinski definition) is 3. The van der Waals surface area contributed by atoms with Gasteiger partial charge in [0.2, 0.25) is 0 Å². The van der Waals surface area contributed by atoms with E-state index in [4.69, 9.17) is 5.11 Å². The molecule has 1 heterocycles. The molecule has 4 heteroatoms. The monoisotopic (exact) mass is 184 g/mol. The summed E-state index contributed by atoms with van der Waals surface area (Å²) in [6.07, 6.45) is -0.295. The number of aromatic nitrogens is 2. The summed E-state index contributed by atoms with van der Waals surface area (Å²) >= 11 is 0. The van der Waals surface area contributed by atoms with E-state index in [0.717, 1.165) is 12.2 Å². The Morgan fingerprint density at radius 3 is 2.77 bits per heavy atom. The van der Waals surface area contributed by atoms with Crippen LogP contribution in [0.5, 0.6) is 0 Å². The molecule has 0 aromatic carbocycles. The van der Waals surface area contributed by atoms with Crippen LogP contribution in [0.3, 0.4) is 0 Å². The molecule has 1 atom stereocenters.